The highest BCUT2D eigenvalue weighted by Crippen LogP contribution is 2.40. The second-order valence-electron chi connectivity index (χ2n) is 4.00. The van der Waals surface area contributed by atoms with Crippen molar-refractivity contribution >= 4 is 11.3 Å². The summed E-state index contributed by atoms with van der Waals surface area (Å²) in [4.78, 5) is 2.60. The van der Waals surface area contributed by atoms with Crippen LogP contribution in [0.15, 0.2) is 6.07 Å². The molecule has 13 heavy (non-hydrogen) atoms. The maximum atomic E-state index is 10.0. The first-order valence-corrected chi connectivity index (χ1v) is 5.75. The van der Waals surface area contributed by atoms with Crippen molar-refractivity contribution in [2.45, 2.75) is 39.2 Å². The summed E-state index contributed by atoms with van der Waals surface area (Å²) in [6.45, 7) is 4.21. The molecule has 1 aliphatic carbocycles. The molecule has 1 aromatic heterocycles. The van der Waals surface area contributed by atoms with Crippen molar-refractivity contribution in [1.29, 1.82) is 0 Å². The number of aliphatic hydroxyl groups is 1. The maximum Gasteiger partial charge on any atom is 0.0828 e. The lowest BCUT2D eigenvalue weighted by atomic mass is 9.79. The molecule has 1 N–H and O–H groups in total. The lowest BCUT2D eigenvalue weighted by Gasteiger charge is -2.30. The second kappa shape index (κ2) is 3.43. The van der Waals surface area contributed by atoms with Gasteiger partial charge in [-0.3, -0.25) is 0 Å². The van der Waals surface area contributed by atoms with Gasteiger partial charge in [0.2, 0.25) is 0 Å². The van der Waals surface area contributed by atoms with Gasteiger partial charge in [-0.15, -0.1) is 11.3 Å². The Balaban J connectivity index is 2.18. The van der Waals surface area contributed by atoms with Crippen molar-refractivity contribution in [3.05, 3.63) is 21.4 Å². The average molecular weight is 196 g/mol. The summed E-state index contributed by atoms with van der Waals surface area (Å²) in [5, 5.41) is 10.0. The van der Waals surface area contributed by atoms with Crippen LogP contribution in [0.5, 0.6) is 0 Å². The fourth-order valence-corrected chi connectivity index (χ4v) is 2.92. The van der Waals surface area contributed by atoms with Crippen LogP contribution in [0.3, 0.4) is 0 Å². The number of rotatable bonds is 2. The molecule has 0 amide bonds. The molecule has 0 aromatic carbocycles. The molecular weight excluding hydrogens is 180 g/mol. The van der Waals surface area contributed by atoms with Gasteiger partial charge in [-0.2, -0.15) is 0 Å². The topological polar surface area (TPSA) is 20.2 Å². The number of hydrogen-bond acceptors (Lipinski definition) is 2. The Morgan fingerprint density at radius 2 is 2.15 bits per heavy atom. The Morgan fingerprint density at radius 1 is 1.46 bits per heavy atom. The third-order valence-corrected chi connectivity index (χ3v) is 3.98. The molecule has 0 spiro atoms. The monoisotopic (exact) mass is 196 g/mol. The van der Waals surface area contributed by atoms with Gasteiger partial charge in [0, 0.05) is 9.75 Å². The zero-order valence-electron chi connectivity index (χ0n) is 8.21. The molecule has 1 aromatic rings. The predicted octanol–water partition coefficient (Wildman–Crippen LogP) is 3.20. The molecule has 1 unspecified atom stereocenters. The van der Waals surface area contributed by atoms with Crippen LogP contribution >= 0.6 is 11.3 Å². The number of aliphatic hydroxyl groups excluding tert-OH is 1. The van der Waals surface area contributed by atoms with Crippen molar-refractivity contribution in [3.63, 3.8) is 0 Å². The molecule has 0 radical (unpaired) electrons. The average Bonchev–Trinajstić information content (AvgIpc) is 2.26. The lowest BCUT2D eigenvalue weighted by Crippen LogP contribution is -2.19. The molecule has 0 aliphatic heterocycles. The highest BCUT2D eigenvalue weighted by Gasteiger charge is 2.28. The zero-order chi connectivity index (χ0) is 9.42. The zero-order valence-corrected chi connectivity index (χ0v) is 9.03. The molecular formula is C11H16OS. The van der Waals surface area contributed by atoms with E-state index in [1.807, 2.05) is 0 Å². The van der Waals surface area contributed by atoms with Gasteiger partial charge < -0.3 is 5.11 Å². The molecule has 1 atom stereocenters. The fraction of sp³-hybridized carbons (Fsp3) is 0.636. The van der Waals surface area contributed by atoms with Crippen LogP contribution < -0.4 is 0 Å². The van der Waals surface area contributed by atoms with Gasteiger partial charge in [-0.05, 0) is 44.2 Å². The molecule has 2 heteroatoms. The van der Waals surface area contributed by atoms with E-state index >= 15 is 0 Å². The van der Waals surface area contributed by atoms with Gasteiger partial charge in [0.1, 0.15) is 0 Å². The van der Waals surface area contributed by atoms with Gasteiger partial charge in [0.05, 0.1) is 6.10 Å². The molecule has 1 saturated carbocycles. The normalized spacial score (nSPS) is 19.9. The summed E-state index contributed by atoms with van der Waals surface area (Å²) < 4.78 is 0. The highest BCUT2D eigenvalue weighted by molar-refractivity contribution is 7.12. The van der Waals surface area contributed by atoms with E-state index < -0.39 is 0 Å². The third-order valence-electron chi connectivity index (χ3n) is 2.99. The van der Waals surface area contributed by atoms with E-state index in [0.29, 0.717) is 5.92 Å². The molecule has 1 fully saturated rings. The van der Waals surface area contributed by atoms with Crippen LogP contribution in [0.25, 0.3) is 0 Å². The molecule has 2 rings (SSSR count). The Bertz CT molecular complexity index is 299. The van der Waals surface area contributed by atoms with Crippen LogP contribution in [0.2, 0.25) is 0 Å². The van der Waals surface area contributed by atoms with E-state index in [9.17, 15) is 5.11 Å². The largest absolute Gasteiger partial charge is 0.388 e. The molecule has 0 bridgehead atoms. The van der Waals surface area contributed by atoms with Crippen molar-refractivity contribution in [1.82, 2.24) is 0 Å². The summed E-state index contributed by atoms with van der Waals surface area (Å²) >= 11 is 1.79. The minimum absolute atomic E-state index is 0.196. The van der Waals surface area contributed by atoms with Gasteiger partial charge >= 0.3 is 0 Å². The summed E-state index contributed by atoms with van der Waals surface area (Å²) in [5.41, 5.74) is 1.17. The molecule has 1 aliphatic rings. The smallest absolute Gasteiger partial charge is 0.0828 e. The summed E-state index contributed by atoms with van der Waals surface area (Å²) in [6, 6.07) is 2.14. The van der Waals surface area contributed by atoms with E-state index in [-0.39, 0.29) is 6.10 Å². The minimum atomic E-state index is -0.196. The standard InChI is InChI=1S/C11H16OS/c1-7-6-10(8(2)13-7)11(12)9-4-3-5-9/h6,9,11-12H,3-5H2,1-2H3. The Morgan fingerprint density at radius 3 is 2.54 bits per heavy atom. The Kier molecular flexibility index (Phi) is 2.43. The van der Waals surface area contributed by atoms with E-state index in [0.717, 1.165) is 0 Å². The summed E-state index contributed by atoms with van der Waals surface area (Å²) in [6.07, 6.45) is 3.51. The number of hydrogen-bond donors (Lipinski definition) is 1. The first-order chi connectivity index (χ1) is 6.18. The van der Waals surface area contributed by atoms with Crippen molar-refractivity contribution in [2.24, 2.45) is 5.92 Å². The minimum Gasteiger partial charge on any atom is -0.388 e. The van der Waals surface area contributed by atoms with Crippen LogP contribution in [0.4, 0.5) is 0 Å². The van der Waals surface area contributed by atoms with Gasteiger partial charge in [0.15, 0.2) is 0 Å². The second-order valence-corrected chi connectivity index (χ2v) is 5.46. The first kappa shape index (κ1) is 9.22. The third kappa shape index (κ3) is 1.65. The highest BCUT2D eigenvalue weighted by atomic mass is 32.1. The molecule has 72 valence electrons. The Labute approximate surface area is 83.4 Å². The van der Waals surface area contributed by atoms with Crippen molar-refractivity contribution in [2.75, 3.05) is 0 Å². The van der Waals surface area contributed by atoms with Crippen LogP contribution in [0.1, 0.15) is 40.7 Å². The fourth-order valence-electron chi connectivity index (χ4n) is 1.95. The van der Waals surface area contributed by atoms with Crippen LogP contribution in [0, 0.1) is 19.8 Å². The van der Waals surface area contributed by atoms with E-state index in [4.69, 9.17) is 0 Å². The van der Waals surface area contributed by atoms with Crippen LogP contribution in [-0.2, 0) is 0 Å². The van der Waals surface area contributed by atoms with Gasteiger partial charge in [-0.1, -0.05) is 6.42 Å². The Hall–Kier alpha value is -0.340. The summed E-state index contributed by atoms with van der Waals surface area (Å²) in [7, 11) is 0. The predicted molar refractivity (Wildman–Crippen MR) is 56.1 cm³/mol. The van der Waals surface area contributed by atoms with Gasteiger partial charge in [-0.25, -0.2) is 0 Å². The molecule has 1 nitrogen and oxygen atoms in total. The molecule has 0 saturated heterocycles. The van der Waals surface area contributed by atoms with Gasteiger partial charge in [0.25, 0.3) is 0 Å². The first-order valence-electron chi connectivity index (χ1n) is 4.93. The van der Waals surface area contributed by atoms with Crippen LogP contribution in [-0.4, -0.2) is 5.11 Å². The van der Waals surface area contributed by atoms with Crippen molar-refractivity contribution < 1.29 is 5.11 Å². The van der Waals surface area contributed by atoms with E-state index in [1.165, 1.54) is 34.6 Å². The summed E-state index contributed by atoms with van der Waals surface area (Å²) in [5.74, 6) is 0.535. The molecule has 1 heterocycles. The number of aryl methyl sites for hydroxylation is 2. The maximum absolute atomic E-state index is 10.0. The lowest BCUT2D eigenvalue weighted by molar-refractivity contribution is 0.0620. The number of thiophene rings is 1. The SMILES string of the molecule is Cc1cc(C(O)C2CCC2)c(C)s1. The van der Waals surface area contributed by atoms with Crippen molar-refractivity contribution in [3.8, 4) is 0 Å². The van der Waals surface area contributed by atoms with E-state index in [1.54, 1.807) is 11.3 Å². The van der Waals surface area contributed by atoms with E-state index in [2.05, 4.69) is 19.9 Å². The quantitative estimate of drug-likeness (QED) is 0.770.